The van der Waals surface area contributed by atoms with Gasteiger partial charge in [-0.1, -0.05) is 6.07 Å². The molecule has 0 bridgehead atoms. The molecule has 1 aromatic rings. The average Bonchev–Trinajstić information content (AvgIpc) is 2.18. The van der Waals surface area contributed by atoms with Gasteiger partial charge in [0.15, 0.2) is 0 Å². The van der Waals surface area contributed by atoms with E-state index in [4.69, 9.17) is 5.73 Å². The minimum absolute atomic E-state index is 0.237. The van der Waals surface area contributed by atoms with Gasteiger partial charge in [-0.3, -0.25) is 0 Å². The van der Waals surface area contributed by atoms with Crippen molar-refractivity contribution in [2.24, 2.45) is 5.73 Å². The van der Waals surface area contributed by atoms with E-state index in [1.807, 2.05) is 11.8 Å². The largest absolute Gasteiger partial charge is 0.323 e. The quantitative estimate of drug-likeness (QED) is 0.723. The summed E-state index contributed by atoms with van der Waals surface area (Å²) in [5, 5.41) is 0. The van der Waals surface area contributed by atoms with E-state index < -0.39 is 0 Å². The summed E-state index contributed by atoms with van der Waals surface area (Å²) >= 11 is 3.71. The van der Waals surface area contributed by atoms with Crippen LogP contribution in [0.15, 0.2) is 23.1 Å². The van der Waals surface area contributed by atoms with Gasteiger partial charge in [0.05, 0.1) is 0 Å². The van der Waals surface area contributed by atoms with Crippen LogP contribution in [0.3, 0.4) is 0 Å². The van der Waals surface area contributed by atoms with E-state index in [1.165, 1.54) is 16.0 Å². The third-order valence-electron chi connectivity index (χ3n) is 2.31. The summed E-state index contributed by atoms with van der Waals surface area (Å²) in [5.41, 5.74) is 8.81. The Bertz CT molecular complexity index is 312. The standard InChI is InChI=1S/C10H13NS2/c1-12-8-3-2-7-5-13-6-10(11)9(7)4-8/h2-4,10H,5-6,11H2,1H3. The SMILES string of the molecule is CSc1ccc2c(c1)C(N)CSC2. The molecular formula is C10H13NS2. The molecule has 0 saturated heterocycles. The average molecular weight is 211 g/mol. The van der Waals surface area contributed by atoms with E-state index in [0.29, 0.717) is 0 Å². The summed E-state index contributed by atoms with van der Waals surface area (Å²) in [6.45, 7) is 0. The van der Waals surface area contributed by atoms with Crippen LogP contribution in [0.2, 0.25) is 0 Å². The minimum Gasteiger partial charge on any atom is -0.323 e. The maximum Gasteiger partial charge on any atom is 0.0390 e. The highest BCUT2D eigenvalue weighted by molar-refractivity contribution is 7.98. The van der Waals surface area contributed by atoms with Crippen molar-refractivity contribution >= 4 is 23.5 Å². The first kappa shape index (κ1) is 9.44. The minimum atomic E-state index is 0.237. The predicted molar refractivity (Wildman–Crippen MR) is 61.3 cm³/mol. The van der Waals surface area contributed by atoms with Crippen LogP contribution in [-0.2, 0) is 5.75 Å². The van der Waals surface area contributed by atoms with Crippen LogP contribution >= 0.6 is 23.5 Å². The number of thioether (sulfide) groups is 2. The topological polar surface area (TPSA) is 26.0 Å². The van der Waals surface area contributed by atoms with Gasteiger partial charge in [0.1, 0.15) is 0 Å². The van der Waals surface area contributed by atoms with E-state index in [9.17, 15) is 0 Å². The Morgan fingerprint density at radius 2 is 2.38 bits per heavy atom. The summed E-state index contributed by atoms with van der Waals surface area (Å²) in [5.74, 6) is 2.18. The van der Waals surface area contributed by atoms with Gasteiger partial charge in [0.25, 0.3) is 0 Å². The van der Waals surface area contributed by atoms with Crippen LogP contribution in [0.4, 0.5) is 0 Å². The van der Waals surface area contributed by atoms with Crippen molar-refractivity contribution in [2.45, 2.75) is 16.7 Å². The van der Waals surface area contributed by atoms with E-state index in [-0.39, 0.29) is 6.04 Å². The first-order chi connectivity index (χ1) is 6.31. The molecule has 1 nitrogen and oxygen atoms in total. The van der Waals surface area contributed by atoms with Gasteiger partial charge in [-0.2, -0.15) is 11.8 Å². The van der Waals surface area contributed by atoms with Gasteiger partial charge in [0.2, 0.25) is 0 Å². The molecular weight excluding hydrogens is 198 g/mol. The van der Waals surface area contributed by atoms with Gasteiger partial charge in [-0.05, 0) is 29.5 Å². The lowest BCUT2D eigenvalue weighted by molar-refractivity contribution is 0.805. The fourth-order valence-electron chi connectivity index (χ4n) is 1.56. The number of rotatable bonds is 1. The number of nitrogens with two attached hydrogens (primary N) is 1. The van der Waals surface area contributed by atoms with Crippen molar-refractivity contribution < 1.29 is 0 Å². The molecule has 0 aromatic heterocycles. The Kier molecular flexibility index (Phi) is 2.86. The molecule has 2 N–H and O–H groups in total. The smallest absolute Gasteiger partial charge is 0.0390 e. The number of hydrogen-bond donors (Lipinski definition) is 1. The van der Waals surface area contributed by atoms with Crippen LogP contribution in [-0.4, -0.2) is 12.0 Å². The first-order valence-electron chi connectivity index (χ1n) is 4.31. The monoisotopic (exact) mass is 211 g/mol. The highest BCUT2D eigenvalue weighted by Crippen LogP contribution is 2.32. The molecule has 0 fully saturated rings. The van der Waals surface area contributed by atoms with Crippen molar-refractivity contribution in [3.63, 3.8) is 0 Å². The molecule has 13 heavy (non-hydrogen) atoms. The maximum absolute atomic E-state index is 6.04. The van der Waals surface area contributed by atoms with Gasteiger partial charge in [-0.15, -0.1) is 11.8 Å². The zero-order valence-corrected chi connectivity index (χ0v) is 9.25. The van der Waals surface area contributed by atoms with E-state index in [1.54, 1.807) is 11.8 Å². The third kappa shape index (κ3) is 1.87. The van der Waals surface area contributed by atoms with Crippen molar-refractivity contribution in [3.05, 3.63) is 29.3 Å². The molecule has 1 aliphatic heterocycles. The summed E-state index contributed by atoms with van der Waals surface area (Å²) in [4.78, 5) is 1.32. The highest BCUT2D eigenvalue weighted by atomic mass is 32.2. The molecule has 1 heterocycles. The first-order valence-corrected chi connectivity index (χ1v) is 6.69. The number of benzene rings is 1. The van der Waals surface area contributed by atoms with E-state index in [2.05, 4.69) is 24.5 Å². The van der Waals surface area contributed by atoms with Crippen LogP contribution in [0, 0.1) is 0 Å². The fraction of sp³-hybridized carbons (Fsp3) is 0.400. The molecule has 1 aliphatic rings. The number of hydrogen-bond acceptors (Lipinski definition) is 3. The normalized spacial score (nSPS) is 21.2. The molecule has 0 radical (unpaired) electrons. The molecule has 1 aromatic carbocycles. The maximum atomic E-state index is 6.04. The zero-order chi connectivity index (χ0) is 9.26. The van der Waals surface area contributed by atoms with Gasteiger partial charge in [0, 0.05) is 22.4 Å². The molecule has 1 unspecified atom stereocenters. The van der Waals surface area contributed by atoms with E-state index in [0.717, 1.165) is 11.5 Å². The molecule has 1 atom stereocenters. The van der Waals surface area contributed by atoms with E-state index >= 15 is 0 Å². The summed E-state index contributed by atoms with van der Waals surface area (Å²) in [6.07, 6.45) is 2.10. The molecule has 0 aliphatic carbocycles. The van der Waals surface area contributed by atoms with Crippen molar-refractivity contribution in [1.82, 2.24) is 0 Å². The zero-order valence-electron chi connectivity index (χ0n) is 7.62. The number of fused-ring (bicyclic) bond motifs is 1. The molecule has 0 amide bonds. The Hall–Kier alpha value is -0.120. The second-order valence-corrected chi connectivity index (χ2v) is 5.10. The van der Waals surface area contributed by atoms with Gasteiger partial charge in [-0.25, -0.2) is 0 Å². The Balaban J connectivity index is 2.41. The van der Waals surface area contributed by atoms with Gasteiger partial charge < -0.3 is 5.73 Å². The predicted octanol–water partition coefficient (Wildman–Crippen LogP) is 2.66. The van der Waals surface area contributed by atoms with Crippen LogP contribution in [0.1, 0.15) is 17.2 Å². The van der Waals surface area contributed by atoms with Crippen LogP contribution in [0.25, 0.3) is 0 Å². The molecule has 3 heteroatoms. The lowest BCUT2D eigenvalue weighted by Gasteiger charge is -2.22. The highest BCUT2D eigenvalue weighted by Gasteiger charge is 2.16. The molecule has 0 saturated carbocycles. The summed E-state index contributed by atoms with van der Waals surface area (Å²) < 4.78 is 0. The third-order valence-corrected chi connectivity index (χ3v) is 4.14. The Labute approximate surface area is 87.5 Å². The summed E-state index contributed by atoms with van der Waals surface area (Å²) in [6, 6.07) is 6.88. The van der Waals surface area contributed by atoms with Crippen molar-refractivity contribution in [3.8, 4) is 0 Å². The van der Waals surface area contributed by atoms with Crippen molar-refractivity contribution in [2.75, 3.05) is 12.0 Å². The summed E-state index contributed by atoms with van der Waals surface area (Å²) in [7, 11) is 0. The van der Waals surface area contributed by atoms with Crippen LogP contribution in [0.5, 0.6) is 0 Å². The molecule has 2 rings (SSSR count). The molecule has 0 spiro atoms. The lowest BCUT2D eigenvalue weighted by atomic mass is 10.0. The Morgan fingerprint density at radius 1 is 1.54 bits per heavy atom. The Morgan fingerprint density at radius 3 is 3.15 bits per heavy atom. The van der Waals surface area contributed by atoms with Gasteiger partial charge >= 0.3 is 0 Å². The van der Waals surface area contributed by atoms with Crippen molar-refractivity contribution in [1.29, 1.82) is 0 Å². The van der Waals surface area contributed by atoms with Crippen LogP contribution < -0.4 is 5.73 Å². The fourth-order valence-corrected chi connectivity index (χ4v) is 3.05. The second kappa shape index (κ2) is 3.95. The lowest BCUT2D eigenvalue weighted by Crippen LogP contribution is -2.18. The molecule has 70 valence electrons. The second-order valence-electron chi connectivity index (χ2n) is 3.19.